The van der Waals surface area contributed by atoms with Crippen LogP contribution in [0.1, 0.15) is 46.4 Å². The van der Waals surface area contributed by atoms with E-state index < -0.39 is 11.7 Å². The van der Waals surface area contributed by atoms with Gasteiger partial charge in [0.15, 0.2) is 0 Å². The molecule has 1 amide bonds. The lowest BCUT2D eigenvalue weighted by Gasteiger charge is -2.40. The Bertz CT molecular complexity index is 1650. The van der Waals surface area contributed by atoms with Gasteiger partial charge in [-0.1, -0.05) is 6.07 Å². The van der Waals surface area contributed by atoms with Gasteiger partial charge in [0, 0.05) is 31.1 Å². The maximum Gasteiger partial charge on any atom is 0.272 e. The number of carbonyl (C=O) groups is 1. The van der Waals surface area contributed by atoms with Crippen LogP contribution in [0.4, 0.5) is 10.2 Å². The van der Waals surface area contributed by atoms with Crippen molar-refractivity contribution in [3.8, 4) is 11.8 Å². The number of aromatic amines is 1. The highest BCUT2D eigenvalue weighted by atomic mass is 19.1. The number of aromatic nitrogens is 3. The van der Waals surface area contributed by atoms with E-state index in [1.165, 1.54) is 12.3 Å². The zero-order valence-corrected chi connectivity index (χ0v) is 21.0. The van der Waals surface area contributed by atoms with Crippen molar-refractivity contribution < 1.29 is 13.9 Å². The molecule has 0 radical (unpaired) electrons. The van der Waals surface area contributed by atoms with E-state index in [0.717, 1.165) is 19.3 Å². The molecule has 2 aromatic heterocycles. The number of rotatable bonds is 7. The van der Waals surface area contributed by atoms with Crippen molar-refractivity contribution in [2.75, 3.05) is 18.4 Å². The lowest BCUT2D eigenvalue weighted by atomic mass is 9.96. The third kappa shape index (κ3) is 5.03. The minimum absolute atomic E-state index is 0.00909. The van der Waals surface area contributed by atoms with Crippen LogP contribution in [0.5, 0.6) is 5.75 Å². The fourth-order valence-electron chi connectivity index (χ4n) is 4.79. The molecule has 0 unspecified atom stereocenters. The largest absolute Gasteiger partial charge is 0.490 e. The second-order valence-corrected chi connectivity index (χ2v) is 9.96. The fourth-order valence-corrected chi connectivity index (χ4v) is 4.79. The number of anilines is 1. The molecule has 9 nitrogen and oxygen atoms in total. The number of hydrogen-bond donors (Lipinski definition) is 2. The van der Waals surface area contributed by atoms with Gasteiger partial charge in [0.05, 0.1) is 34.4 Å². The molecule has 4 aromatic rings. The van der Waals surface area contributed by atoms with Gasteiger partial charge in [-0.3, -0.25) is 9.59 Å². The Morgan fingerprint density at radius 1 is 1.15 bits per heavy atom. The summed E-state index contributed by atoms with van der Waals surface area (Å²) in [5.41, 5.74) is 1.47. The quantitative estimate of drug-likeness (QED) is 0.377. The van der Waals surface area contributed by atoms with Crippen LogP contribution in [0.3, 0.4) is 0 Å². The van der Waals surface area contributed by atoms with Crippen LogP contribution in [-0.2, 0) is 6.42 Å². The number of halogens is 1. The number of nitrogens with one attached hydrogen (secondary N) is 2. The third-order valence-corrected chi connectivity index (χ3v) is 7.24. The first kappa shape index (κ1) is 24.6. The van der Waals surface area contributed by atoms with E-state index in [4.69, 9.17) is 10.00 Å². The summed E-state index contributed by atoms with van der Waals surface area (Å²) in [4.78, 5) is 31.2. The van der Waals surface area contributed by atoms with Crippen molar-refractivity contribution in [3.05, 3.63) is 93.3 Å². The maximum atomic E-state index is 14.7. The standard InChI is InChI=1S/C29H25FN6O3/c30-25-8-4-17(10-24(25)29(38)36-15-19(16-36)33-27-9-5-18(13-31)14-32-27)11-26-23-12-21(39-20-2-1-3-20)6-7-22(23)28(37)35-34-26/h4-10,12,14,19-20H,1-3,11,15-16H2,(H,32,33)(H,35,37). The molecule has 6 rings (SSSR count). The minimum atomic E-state index is -0.593. The maximum absolute atomic E-state index is 14.7. The van der Waals surface area contributed by atoms with Crippen LogP contribution < -0.4 is 15.6 Å². The van der Waals surface area contributed by atoms with E-state index in [0.29, 0.717) is 58.7 Å². The highest BCUT2D eigenvalue weighted by molar-refractivity contribution is 5.95. The molecule has 2 aliphatic rings. The molecule has 2 N–H and O–H groups in total. The topological polar surface area (TPSA) is 124 Å². The van der Waals surface area contributed by atoms with Crippen molar-refractivity contribution in [2.24, 2.45) is 0 Å². The lowest BCUT2D eigenvalue weighted by molar-refractivity contribution is 0.0620. The number of likely N-dealkylation sites (tertiary alicyclic amines) is 1. The minimum Gasteiger partial charge on any atom is -0.490 e. The number of nitrogens with zero attached hydrogens (tertiary/aromatic N) is 4. The van der Waals surface area contributed by atoms with Crippen LogP contribution >= 0.6 is 0 Å². The fraction of sp³-hybridized carbons (Fsp3) is 0.276. The first-order chi connectivity index (χ1) is 19.0. The summed E-state index contributed by atoms with van der Waals surface area (Å²) in [6, 6.07) is 15.2. The van der Waals surface area contributed by atoms with Crippen LogP contribution in [0.2, 0.25) is 0 Å². The van der Waals surface area contributed by atoms with Gasteiger partial charge in [-0.15, -0.1) is 0 Å². The smallest absolute Gasteiger partial charge is 0.272 e. The van der Waals surface area contributed by atoms with Gasteiger partial charge in [-0.2, -0.15) is 10.4 Å². The highest BCUT2D eigenvalue weighted by Crippen LogP contribution is 2.28. The monoisotopic (exact) mass is 524 g/mol. The lowest BCUT2D eigenvalue weighted by Crippen LogP contribution is -2.57. The number of carbonyl (C=O) groups excluding carboxylic acids is 1. The van der Waals surface area contributed by atoms with Crippen molar-refractivity contribution in [1.82, 2.24) is 20.1 Å². The number of hydrogen-bond acceptors (Lipinski definition) is 7. The molecule has 0 bridgehead atoms. The molecule has 1 saturated heterocycles. The third-order valence-electron chi connectivity index (χ3n) is 7.24. The van der Waals surface area contributed by atoms with E-state index in [1.807, 2.05) is 12.1 Å². The number of nitriles is 1. The Balaban J connectivity index is 1.17. The molecule has 2 fully saturated rings. The first-order valence-corrected chi connectivity index (χ1v) is 12.8. The van der Waals surface area contributed by atoms with Gasteiger partial charge in [0.1, 0.15) is 23.5 Å². The predicted octanol–water partition coefficient (Wildman–Crippen LogP) is 3.79. The van der Waals surface area contributed by atoms with E-state index in [1.54, 1.807) is 41.3 Å². The number of benzene rings is 2. The van der Waals surface area contributed by atoms with Crippen molar-refractivity contribution >= 4 is 22.5 Å². The summed E-state index contributed by atoms with van der Waals surface area (Å²) in [6.07, 6.45) is 5.17. The van der Waals surface area contributed by atoms with Gasteiger partial charge in [0.2, 0.25) is 0 Å². The van der Waals surface area contributed by atoms with Gasteiger partial charge >= 0.3 is 0 Å². The molecule has 2 aromatic carbocycles. The van der Waals surface area contributed by atoms with Crippen molar-refractivity contribution in [3.63, 3.8) is 0 Å². The summed E-state index contributed by atoms with van der Waals surface area (Å²) in [5, 5.41) is 20.1. The second kappa shape index (κ2) is 10.2. The molecule has 0 atom stereocenters. The summed E-state index contributed by atoms with van der Waals surface area (Å²) >= 11 is 0. The molecular formula is C29H25FN6O3. The van der Waals surface area contributed by atoms with E-state index in [-0.39, 0.29) is 23.3 Å². The van der Waals surface area contributed by atoms with Crippen molar-refractivity contribution in [1.29, 1.82) is 5.26 Å². The molecule has 39 heavy (non-hydrogen) atoms. The molecule has 1 aliphatic heterocycles. The van der Waals surface area contributed by atoms with Crippen LogP contribution in [0.15, 0.2) is 59.5 Å². The van der Waals surface area contributed by atoms with Crippen molar-refractivity contribution in [2.45, 2.75) is 37.8 Å². The number of H-pyrrole nitrogens is 1. The summed E-state index contributed by atoms with van der Waals surface area (Å²) in [5.74, 6) is 0.314. The summed E-state index contributed by atoms with van der Waals surface area (Å²) < 4.78 is 20.7. The number of fused-ring (bicyclic) bond motifs is 1. The molecular weight excluding hydrogens is 499 g/mol. The Hall–Kier alpha value is -4.78. The van der Waals surface area contributed by atoms with E-state index in [9.17, 15) is 14.0 Å². The first-order valence-electron chi connectivity index (χ1n) is 12.8. The van der Waals surface area contributed by atoms with Gasteiger partial charge in [-0.05, 0) is 67.3 Å². The SMILES string of the molecule is N#Cc1ccc(NC2CN(C(=O)c3cc(Cc4n[nH]c(=O)c5ccc(OC6CCC6)cc45)ccc3F)C2)nc1. The van der Waals surface area contributed by atoms with E-state index in [2.05, 4.69) is 20.5 Å². The highest BCUT2D eigenvalue weighted by Gasteiger charge is 2.32. The van der Waals surface area contributed by atoms with Gasteiger partial charge in [0.25, 0.3) is 11.5 Å². The molecule has 10 heteroatoms. The second-order valence-electron chi connectivity index (χ2n) is 9.96. The molecule has 0 spiro atoms. The molecule has 1 saturated carbocycles. The Morgan fingerprint density at radius 2 is 2.00 bits per heavy atom. The Labute approximate surface area is 223 Å². The van der Waals surface area contributed by atoms with Crippen LogP contribution in [0.25, 0.3) is 10.8 Å². The van der Waals surface area contributed by atoms with Gasteiger partial charge < -0.3 is 15.0 Å². The number of amides is 1. The molecule has 196 valence electrons. The summed E-state index contributed by atoms with van der Waals surface area (Å²) in [7, 11) is 0. The zero-order valence-electron chi connectivity index (χ0n) is 21.0. The van der Waals surface area contributed by atoms with E-state index >= 15 is 0 Å². The predicted molar refractivity (Wildman–Crippen MR) is 142 cm³/mol. The molecule has 3 heterocycles. The normalized spacial score (nSPS) is 15.3. The summed E-state index contributed by atoms with van der Waals surface area (Å²) in [6.45, 7) is 0.806. The average molecular weight is 525 g/mol. The van der Waals surface area contributed by atoms with Crippen LogP contribution in [0, 0.1) is 17.1 Å². The Kier molecular flexibility index (Phi) is 6.40. The molecule has 1 aliphatic carbocycles. The number of ether oxygens (including phenoxy) is 1. The zero-order chi connectivity index (χ0) is 26.9. The Morgan fingerprint density at radius 3 is 2.72 bits per heavy atom. The number of pyridine rings is 1. The van der Waals surface area contributed by atoms with Gasteiger partial charge in [-0.25, -0.2) is 14.5 Å². The van der Waals surface area contributed by atoms with Crippen LogP contribution in [-0.4, -0.2) is 51.2 Å². The average Bonchev–Trinajstić information content (AvgIpc) is 2.90.